The molecule has 0 saturated carbocycles. The lowest BCUT2D eigenvalue weighted by Crippen LogP contribution is -2.23. The quantitative estimate of drug-likeness (QED) is 0.700. The fourth-order valence-corrected chi connectivity index (χ4v) is 1.82. The molecule has 20 heavy (non-hydrogen) atoms. The first-order chi connectivity index (χ1) is 10.1. The van der Waals surface area contributed by atoms with Crippen LogP contribution in [0.4, 0.5) is 0 Å². The van der Waals surface area contributed by atoms with Gasteiger partial charge in [-0.25, -0.2) is 4.79 Å². The smallest absolute Gasteiger partial charge is 0.368 e. The molecule has 9 heteroatoms. The summed E-state index contributed by atoms with van der Waals surface area (Å²) in [6.45, 7) is 0.193. The van der Waals surface area contributed by atoms with Crippen molar-refractivity contribution in [1.29, 1.82) is 0 Å². The average Bonchev–Trinajstić information content (AvgIpc) is 3.11. The number of hydrogen-bond donors (Lipinski definition) is 1. The highest BCUT2D eigenvalue weighted by atomic mass is 16.5. The number of tetrazole rings is 1. The van der Waals surface area contributed by atoms with E-state index in [-0.39, 0.29) is 12.3 Å². The maximum absolute atomic E-state index is 11.9. The number of nitrogens with zero attached hydrogens (tertiary/aromatic N) is 6. The van der Waals surface area contributed by atoms with E-state index in [1.54, 1.807) is 18.3 Å². The summed E-state index contributed by atoms with van der Waals surface area (Å²) in [5.74, 6) is 0.337. The molecule has 0 aliphatic carbocycles. The third-order valence-corrected chi connectivity index (χ3v) is 2.92. The van der Waals surface area contributed by atoms with Crippen LogP contribution < -0.4 is 10.4 Å². The summed E-state index contributed by atoms with van der Waals surface area (Å²) in [7, 11) is 3.37. The Kier molecular flexibility index (Phi) is 2.58. The molecule has 3 heterocycles. The predicted octanol–water partition coefficient (Wildman–Crippen LogP) is -0.393. The van der Waals surface area contributed by atoms with Gasteiger partial charge < -0.3 is 9.30 Å². The first kappa shape index (κ1) is 11.0. The van der Waals surface area contributed by atoms with Gasteiger partial charge in [0.1, 0.15) is 6.61 Å². The largest absolute Gasteiger partial charge is 0.470 e. The summed E-state index contributed by atoms with van der Waals surface area (Å²) >= 11 is 0. The van der Waals surface area contributed by atoms with E-state index in [1.807, 2.05) is 11.6 Å². The second kappa shape index (κ2) is 4.68. The van der Waals surface area contributed by atoms with Gasteiger partial charge in [0.15, 0.2) is 1.41 Å². The van der Waals surface area contributed by atoms with Crippen molar-refractivity contribution >= 4 is 0 Å². The van der Waals surface area contributed by atoms with Crippen LogP contribution in [0.15, 0.2) is 29.3 Å². The summed E-state index contributed by atoms with van der Waals surface area (Å²) < 4.78 is 17.0. The van der Waals surface area contributed by atoms with Crippen molar-refractivity contribution in [2.45, 2.75) is 6.61 Å². The minimum Gasteiger partial charge on any atom is -0.470 e. The molecule has 0 fully saturated rings. The molecule has 1 N–H and O–H groups in total. The molecule has 0 unspecified atom stereocenters. The second-order valence-electron chi connectivity index (χ2n) is 4.21. The molecule has 0 aliphatic rings. The van der Waals surface area contributed by atoms with E-state index >= 15 is 0 Å². The SMILES string of the molecule is [3H]n1ccc(OCc2c(-n3nnn(C)c3=O)ccn2C)n1. The predicted molar refractivity (Wildman–Crippen MR) is 68.5 cm³/mol. The topological polar surface area (TPSA) is 95.5 Å². The molecule has 3 aromatic rings. The molecule has 0 aliphatic heterocycles. The Labute approximate surface area is 114 Å². The lowest BCUT2D eigenvalue weighted by atomic mass is 10.4. The molecule has 3 rings (SSSR count). The van der Waals surface area contributed by atoms with E-state index in [9.17, 15) is 4.79 Å². The molecule has 0 amide bonds. The Hall–Kier alpha value is -2.84. The van der Waals surface area contributed by atoms with Gasteiger partial charge in [-0.15, -0.1) is 5.10 Å². The third kappa shape index (κ3) is 1.98. The highest BCUT2D eigenvalue weighted by Crippen LogP contribution is 2.15. The summed E-state index contributed by atoms with van der Waals surface area (Å²) in [5, 5.41) is 12.2. The Morgan fingerprint density at radius 1 is 1.40 bits per heavy atom. The van der Waals surface area contributed by atoms with Gasteiger partial charge in [-0.1, -0.05) is 0 Å². The van der Waals surface area contributed by atoms with Crippen molar-refractivity contribution in [1.82, 2.24) is 34.5 Å². The first-order valence-corrected chi connectivity index (χ1v) is 5.87. The Morgan fingerprint density at radius 3 is 2.90 bits per heavy atom. The highest BCUT2D eigenvalue weighted by molar-refractivity contribution is 5.36. The van der Waals surface area contributed by atoms with E-state index in [2.05, 4.69) is 15.5 Å². The maximum atomic E-state index is 11.9. The van der Waals surface area contributed by atoms with Crippen LogP contribution in [0.3, 0.4) is 0 Å². The van der Waals surface area contributed by atoms with Crippen LogP contribution in [-0.4, -0.2) is 34.5 Å². The van der Waals surface area contributed by atoms with Gasteiger partial charge in [-0.2, -0.15) is 9.36 Å². The number of aromatic nitrogens is 7. The van der Waals surface area contributed by atoms with Crippen molar-refractivity contribution in [2.75, 3.05) is 0 Å². The number of hydrogen-bond acceptors (Lipinski definition) is 5. The number of rotatable bonds is 4. The lowest BCUT2D eigenvalue weighted by Gasteiger charge is -2.07. The standard InChI is InChI=1S/C11H13N7O2/c1-16-6-4-8(18-11(19)17(2)14-15-18)9(16)7-20-10-3-5-12-13-10/h3-6H,7H2,1-2H3,(H,12,13)/i/hT. The van der Waals surface area contributed by atoms with E-state index in [0.29, 0.717) is 11.6 Å². The van der Waals surface area contributed by atoms with Gasteiger partial charge in [0.2, 0.25) is 5.88 Å². The number of nitrogens with one attached hydrogen (secondary N) is 1. The molecule has 0 aromatic carbocycles. The normalized spacial score (nSPS) is 11.6. The van der Waals surface area contributed by atoms with E-state index in [1.165, 1.54) is 17.9 Å². The van der Waals surface area contributed by atoms with Crippen molar-refractivity contribution in [3.05, 3.63) is 40.7 Å². The Balaban J connectivity index is 1.90. The third-order valence-electron chi connectivity index (χ3n) is 2.92. The van der Waals surface area contributed by atoms with Crippen LogP contribution in [0.2, 0.25) is 1.41 Å². The number of aryl methyl sites for hydroxylation is 2. The van der Waals surface area contributed by atoms with Crippen LogP contribution in [-0.2, 0) is 20.7 Å². The minimum atomic E-state index is -0.335. The van der Waals surface area contributed by atoms with E-state index in [4.69, 9.17) is 6.15 Å². The summed E-state index contributed by atoms with van der Waals surface area (Å²) in [5.41, 5.74) is 1.01. The molecular formula is C11H13N7O2. The first-order valence-electron chi connectivity index (χ1n) is 6.32. The van der Waals surface area contributed by atoms with Gasteiger partial charge >= 0.3 is 5.69 Å². The van der Waals surface area contributed by atoms with Crippen LogP contribution in [0.25, 0.3) is 5.69 Å². The molecule has 9 nitrogen and oxygen atoms in total. The minimum absolute atomic E-state index is 0.193. The van der Waals surface area contributed by atoms with Crippen molar-refractivity contribution < 1.29 is 6.15 Å². The van der Waals surface area contributed by atoms with Crippen molar-refractivity contribution in [3.8, 4) is 11.6 Å². The Bertz CT molecular complexity index is 828. The van der Waals surface area contributed by atoms with Crippen LogP contribution in [0, 0.1) is 0 Å². The number of aromatic amines is 1. The summed E-state index contributed by atoms with van der Waals surface area (Å²) in [4.78, 5) is 11.9. The van der Waals surface area contributed by atoms with Gasteiger partial charge in [0, 0.05) is 32.6 Å². The summed E-state index contributed by atoms with van der Waals surface area (Å²) in [6, 6.07) is 3.35. The maximum Gasteiger partial charge on any atom is 0.368 e. The van der Waals surface area contributed by atoms with Gasteiger partial charge in [-0.3, -0.25) is 5.09 Å². The zero-order valence-electron chi connectivity index (χ0n) is 12.0. The van der Waals surface area contributed by atoms with Crippen molar-refractivity contribution in [2.24, 2.45) is 14.1 Å². The van der Waals surface area contributed by atoms with Gasteiger partial charge in [0.05, 0.1) is 11.4 Å². The van der Waals surface area contributed by atoms with Gasteiger partial charge in [0.25, 0.3) is 0 Å². The van der Waals surface area contributed by atoms with E-state index in [0.717, 1.165) is 15.5 Å². The fourth-order valence-electron chi connectivity index (χ4n) is 1.82. The molecule has 0 atom stereocenters. The summed E-state index contributed by atoms with van der Waals surface area (Å²) in [6.07, 6.45) is 3.27. The molecule has 0 spiro atoms. The van der Waals surface area contributed by atoms with Gasteiger partial charge in [-0.05, 0) is 16.5 Å². The molecule has 3 aromatic heterocycles. The number of H-pyrrole nitrogens is 1. The lowest BCUT2D eigenvalue weighted by molar-refractivity contribution is 0.284. The second-order valence-corrected chi connectivity index (χ2v) is 4.21. The fraction of sp³-hybridized carbons (Fsp3) is 0.273. The zero-order chi connectivity index (χ0) is 15.0. The average molecular weight is 277 g/mol. The number of ether oxygens (including phenoxy) is 1. The Morgan fingerprint density at radius 2 is 2.25 bits per heavy atom. The molecule has 104 valence electrons. The zero-order valence-corrected chi connectivity index (χ0v) is 11.0. The van der Waals surface area contributed by atoms with Crippen LogP contribution >= 0.6 is 0 Å². The van der Waals surface area contributed by atoms with E-state index < -0.39 is 0 Å². The van der Waals surface area contributed by atoms with Crippen LogP contribution in [0.1, 0.15) is 5.69 Å². The molecule has 0 saturated heterocycles. The van der Waals surface area contributed by atoms with Crippen molar-refractivity contribution in [3.63, 3.8) is 0 Å². The molecule has 0 radical (unpaired) electrons. The molecular weight excluding hydrogens is 262 g/mol. The monoisotopic (exact) mass is 277 g/mol. The highest BCUT2D eigenvalue weighted by Gasteiger charge is 2.14. The molecule has 0 bridgehead atoms. The van der Waals surface area contributed by atoms with Crippen LogP contribution in [0.5, 0.6) is 5.88 Å².